The Hall–Kier alpha value is -0.830. The number of imidazole rings is 1. The van der Waals surface area contributed by atoms with E-state index in [-0.39, 0.29) is 0 Å². The molecule has 1 N–H and O–H groups in total. The Morgan fingerprint density at radius 3 is 2.82 bits per heavy atom. The SMILES string of the molecule is CCC1CCC(NC(C)c2nccn2C)C1C. The Balaban J connectivity index is 1.96. The van der Waals surface area contributed by atoms with Crippen LogP contribution in [-0.2, 0) is 7.05 Å². The molecule has 0 bridgehead atoms. The van der Waals surface area contributed by atoms with Crippen molar-refractivity contribution in [3.05, 3.63) is 18.2 Å². The largest absolute Gasteiger partial charge is 0.337 e. The maximum Gasteiger partial charge on any atom is 0.125 e. The lowest BCUT2D eigenvalue weighted by atomic mass is 9.93. The van der Waals surface area contributed by atoms with Gasteiger partial charge in [0.1, 0.15) is 5.82 Å². The molecule has 17 heavy (non-hydrogen) atoms. The Bertz CT molecular complexity index is 358. The molecular formula is C14H25N3. The summed E-state index contributed by atoms with van der Waals surface area (Å²) in [5, 5.41) is 3.75. The van der Waals surface area contributed by atoms with E-state index in [1.54, 1.807) is 0 Å². The van der Waals surface area contributed by atoms with E-state index in [1.165, 1.54) is 19.3 Å². The van der Waals surface area contributed by atoms with Crippen molar-refractivity contribution in [3.63, 3.8) is 0 Å². The number of rotatable bonds is 4. The molecule has 0 aliphatic heterocycles. The predicted octanol–water partition coefficient (Wildman–Crippen LogP) is 2.90. The summed E-state index contributed by atoms with van der Waals surface area (Å²) in [6, 6.07) is 1.00. The minimum absolute atomic E-state index is 0.345. The van der Waals surface area contributed by atoms with Gasteiger partial charge in [-0.1, -0.05) is 20.3 Å². The van der Waals surface area contributed by atoms with Crippen LogP contribution in [0.3, 0.4) is 0 Å². The van der Waals surface area contributed by atoms with E-state index < -0.39 is 0 Å². The van der Waals surface area contributed by atoms with Crippen molar-refractivity contribution in [1.29, 1.82) is 0 Å². The molecular weight excluding hydrogens is 210 g/mol. The first-order chi connectivity index (χ1) is 8.13. The third-order valence-corrected chi connectivity index (χ3v) is 4.46. The minimum Gasteiger partial charge on any atom is -0.337 e. The van der Waals surface area contributed by atoms with Crippen molar-refractivity contribution in [2.45, 2.75) is 52.1 Å². The average molecular weight is 235 g/mol. The highest BCUT2D eigenvalue weighted by atomic mass is 15.1. The topological polar surface area (TPSA) is 29.9 Å². The van der Waals surface area contributed by atoms with Crippen molar-refractivity contribution in [1.82, 2.24) is 14.9 Å². The van der Waals surface area contributed by atoms with E-state index in [2.05, 4.69) is 42.7 Å². The van der Waals surface area contributed by atoms with Gasteiger partial charge in [0, 0.05) is 25.5 Å². The van der Waals surface area contributed by atoms with Crippen LogP contribution in [-0.4, -0.2) is 15.6 Å². The number of aromatic nitrogens is 2. The lowest BCUT2D eigenvalue weighted by Crippen LogP contribution is -2.35. The van der Waals surface area contributed by atoms with Crippen LogP contribution in [0.4, 0.5) is 0 Å². The summed E-state index contributed by atoms with van der Waals surface area (Å²) < 4.78 is 2.11. The fraction of sp³-hybridized carbons (Fsp3) is 0.786. The minimum atomic E-state index is 0.345. The fourth-order valence-corrected chi connectivity index (χ4v) is 3.25. The molecule has 96 valence electrons. The van der Waals surface area contributed by atoms with Gasteiger partial charge in [0.2, 0.25) is 0 Å². The van der Waals surface area contributed by atoms with Crippen LogP contribution in [0, 0.1) is 11.8 Å². The van der Waals surface area contributed by atoms with Gasteiger partial charge >= 0.3 is 0 Å². The number of nitrogens with one attached hydrogen (secondary N) is 1. The molecule has 2 rings (SSSR count). The summed E-state index contributed by atoms with van der Waals surface area (Å²) in [7, 11) is 2.06. The molecule has 1 saturated carbocycles. The quantitative estimate of drug-likeness (QED) is 0.869. The maximum absolute atomic E-state index is 4.42. The van der Waals surface area contributed by atoms with Gasteiger partial charge in [-0.15, -0.1) is 0 Å². The second kappa shape index (κ2) is 5.21. The van der Waals surface area contributed by atoms with Crippen molar-refractivity contribution in [2.24, 2.45) is 18.9 Å². The third kappa shape index (κ3) is 2.54. The molecule has 1 aliphatic carbocycles. The van der Waals surface area contributed by atoms with Crippen LogP contribution in [0.1, 0.15) is 51.9 Å². The molecule has 0 amide bonds. The highest BCUT2D eigenvalue weighted by molar-refractivity contribution is 4.99. The van der Waals surface area contributed by atoms with Gasteiger partial charge < -0.3 is 9.88 Å². The predicted molar refractivity (Wildman–Crippen MR) is 70.7 cm³/mol. The molecule has 1 aromatic rings. The Morgan fingerprint density at radius 2 is 2.29 bits per heavy atom. The second-order valence-electron chi connectivity index (χ2n) is 5.50. The van der Waals surface area contributed by atoms with Gasteiger partial charge in [-0.3, -0.25) is 0 Å². The van der Waals surface area contributed by atoms with E-state index in [0.29, 0.717) is 12.1 Å². The van der Waals surface area contributed by atoms with Gasteiger partial charge in [0.25, 0.3) is 0 Å². The lowest BCUT2D eigenvalue weighted by Gasteiger charge is -2.24. The van der Waals surface area contributed by atoms with Gasteiger partial charge in [0.15, 0.2) is 0 Å². The summed E-state index contributed by atoms with van der Waals surface area (Å²) in [5.74, 6) is 2.83. The van der Waals surface area contributed by atoms with Crippen LogP contribution in [0.5, 0.6) is 0 Å². The smallest absolute Gasteiger partial charge is 0.125 e. The Morgan fingerprint density at radius 1 is 1.53 bits per heavy atom. The number of aryl methyl sites for hydroxylation is 1. The standard InChI is InChI=1S/C14H25N3/c1-5-12-6-7-13(10(12)2)16-11(3)14-15-8-9-17(14)4/h8-13,16H,5-7H2,1-4H3. The molecule has 0 spiro atoms. The zero-order valence-electron chi connectivity index (χ0n) is 11.5. The first-order valence-corrected chi connectivity index (χ1v) is 6.86. The number of hydrogen-bond acceptors (Lipinski definition) is 2. The Labute approximate surface area is 105 Å². The second-order valence-corrected chi connectivity index (χ2v) is 5.50. The van der Waals surface area contributed by atoms with Crippen molar-refractivity contribution >= 4 is 0 Å². The maximum atomic E-state index is 4.42. The fourth-order valence-electron chi connectivity index (χ4n) is 3.25. The molecule has 1 fully saturated rings. The zero-order valence-corrected chi connectivity index (χ0v) is 11.5. The first kappa shape index (κ1) is 12.6. The van der Waals surface area contributed by atoms with Gasteiger partial charge in [0.05, 0.1) is 6.04 Å². The normalized spacial score (nSPS) is 30.7. The molecule has 3 nitrogen and oxygen atoms in total. The summed E-state index contributed by atoms with van der Waals surface area (Å²) in [6.45, 7) is 6.92. The monoisotopic (exact) mass is 235 g/mol. The van der Waals surface area contributed by atoms with Crippen LogP contribution >= 0.6 is 0 Å². The summed E-state index contributed by atoms with van der Waals surface area (Å²) >= 11 is 0. The molecule has 3 heteroatoms. The highest BCUT2D eigenvalue weighted by Crippen LogP contribution is 2.34. The van der Waals surface area contributed by atoms with Gasteiger partial charge in [-0.2, -0.15) is 0 Å². The lowest BCUT2D eigenvalue weighted by molar-refractivity contribution is 0.322. The molecule has 1 heterocycles. The first-order valence-electron chi connectivity index (χ1n) is 6.86. The zero-order chi connectivity index (χ0) is 12.4. The van der Waals surface area contributed by atoms with Crippen molar-refractivity contribution in [2.75, 3.05) is 0 Å². The molecule has 4 unspecified atom stereocenters. The molecule has 0 radical (unpaired) electrons. The van der Waals surface area contributed by atoms with Crippen LogP contribution in [0.2, 0.25) is 0 Å². The van der Waals surface area contributed by atoms with Crippen LogP contribution in [0.15, 0.2) is 12.4 Å². The van der Waals surface area contributed by atoms with Crippen molar-refractivity contribution < 1.29 is 0 Å². The van der Waals surface area contributed by atoms with E-state index in [1.807, 2.05) is 12.4 Å². The summed E-state index contributed by atoms with van der Waals surface area (Å²) in [4.78, 5) is 4.42. The van der Waals surface area contributed by atoms with Gasteiger partial charge in [-0.25, -0.2) is 4.98 Å². The van der Waals surface area contributed by atoms with Crippen LogP contribution in [0.25, 0.3) is 0 Å². The summed E-state index contributed by atoms with van der Waals surface area (Å²) in [5.41, 5.74) is 0. The molecule has 1 aliphatic rings. The van der Waals surface area contributed by atoms with E-state index in [4.69, 9.17) is 0 Å². The van der Waals surface area contributed by atoms with Crippen molar-refractivity contribution in [3.8, 4) is 0 Å². The highest BCUT2D eigenvalue weighted by Gasteiger charge is 2.32. The van der Waals surface area contributed by atoms with Gasteiger partial charge in [-0.05, 0) is 31.6 Å². The Kier molecular flexibility index (Phi) is 3.87. The van der Waals surface area contributed by atoms with Crippen LogP contribution < -0.4 is 5.32 Å². The van der Waals surface area contributed by atoms with E-state index in [0.717, 1.165) is 17.7 Å². The number of nitrogens with zero attached hydrogens (tertiary/aromatic N) is 2. The number of hydrogen-bond donors (Lipinski definition) is 1. The molecule has 0 saturated heterocycles. The third-order valence-electron chi connectivity index (χ3n) is 4.46. The molecule has 1 aromatic heterocycles. The average Bonchev–Trinajstić information content (AvgIpc) is 2.87. The molecule has 0 aromatic carbocycles. The van der Waals surface area contributed by atoms with E-state index in [9.17, 15) is 0 Å². The van der Waals surface area contributed by atoms with E-state index >= 15 is 0 Å². The molecule has 4 atom stereocenters. The summed E-state index contributed by atoms with van der Waals surface area (Å²) in [6.07, 6.45) is 7.90.